The molecule has 0 N–H and O–H groups in total. The zero-order valence-corrected chi connectivity index (χ0v) is 7.34. The van der Waals surface area contributed by atoms with E-state index >= 15 is 0 Å². The van der Waals surface area contributed by atoms with Gasteiger partial charge in [0.05, 0.1) is 5.03 Å². The molecule has 0 fully saturated rings. The molecule has 11 heavy (non-hydrogen) atoms. The number of hydrogen-bond donors (Lipinski definition) is 0. The largest absolute Gasteiger partial charge is 0.250 e. The number of thioether (sulfide) groups is 1. The van der Waals surface area contributed by atoms with Crippen molar-refractivity contribution in [1.82, 2.24) is 4.98 Å². The van der Waals surface area contributed by atoms with Crippen molar-refractivity contribution in [2.45, 2.75) is 17.2 Å². The SMILES string of the molecule is C=CC(C)Sc1ccccn1. The molecular weight excluding hydrogens is 154 g/mol. The Balaban J connectivity index is 2.57. The Morgan fingerprint density at radius 1 is 1.64 bits per heavy atom. The van der Waals surface area contributed by atoms with Crippen LogP contribution in [0.3, 0.4) is 0 Å². The van der Waals surface area contributed by atoms with Gasteiger partial charge in [-0.1, -0.05) is 23.9 Å². The van der Waals surface area contributed by atoms with Gasteiger partial charge >= 0.3 is 0 Å². The van der Waals surface area contributed by atoms with Gasteiger partial charge < -0.3 is 0 Å². The summed E-state index contributed by atoms with van der Waals surface area (Å²) in [5.74, 6) is 0. The molecule has 1 aromatic rings. The second kappa shape index (κ2) is 4.19. The van der Waals surface area contributed by atoms with Crippen LogP contribution in [0.2, 0.25) is 0 Å². The third-order valence-electron chi connectivity index (χ3n) is 1.28. The summed E-state index contributed by atoms with van der Waals surface area (Å²) < 4.78 is 0. The lowest BCUT2D eigenvalue weighted by Crippen LogP contribution is -1.89. The van der Waals surface area contributed by atoms with Crippen LogP contribution in [-0.4, -0.2) is 10.2 Å². The predicted octanol–water partition coefficient (Wildman–Crippen LogP) is 2.75. The first-order valence-electron chi connectivity index (χ1n) is 3.53. The Kier molecular flexibility index (Phi) is 3.17. The molecule has 0 aliphatic rings. The van der Waals surface area contributed by atoms with E-state index in [9.17, 15) is 0 Å². The maximum atomic E-state index is 4.18. The highest BCUT2D eigenvalue weighted by Crippen LogP contribution is 2.20. The third kappa shape index (κ3) is 2.76. The fourth-order valence-electron chi connectivity index (χ4n) is 0.655. The molecular formula is C9H11NS. The van der Waals surface area contributed by atoms with Crippen molar-refractivity contribution in [3.8, 4) is 0 Å². The number of rotatable bonds is 3. The number of hydrogen-bond acceptors (Lipinski definition) is 2. The van der Waals surface area contributed by atoms with Crippen LogP contribution in [0.5, 0.6) is 0 Å². The summed E-state index contributed by atoms with van der Waals surface area (Å²) in [5, 5.41) is 1.49. The van der Waals surface area contributed by atoms with Gasteiger partial charge in [-0.05, 0) is 19.1 Å². The third-order valence-corrected chi connectivity index (χ3v) is 2.32. The van der Waals surface area contributed by atoms with Gasteiger partial charge in [0, 0.05) is 11.4 Å². The molecule has 1 heterocycles. The second-order valence-corrected chi connectivity index (χ2v) is 3.62. The van der Waals surface area contributed by atoms with E-state index in [1.54, 1.807) is 18.0 Å². The molecule has 1 unspecified atom stereocenters. The minimum atomic E-state index is 0.435. The standard InChI is InChI=1S/C9H11NS/c1-3-8(2)11-9-6-4-5-7-10-9/h3-8H,1H2,2H3. The second-order valence-electron chi connectivity index (χ2n) is 2.23. The average molecular weight is 165 g/mol. The fraction of sp³-hybridized carbons (Fsp3) is 0.222. The van der Waals surface area contributed by atoms with E-state index in [1.807, 2.05) is 24.3 Å². The van der Waals surface area contributed by atoms with E-state index in [4.69, 9.17) is 0 Å². The number of aromatic nitrogens is 1. The van der Waals surface area contributed by atoms with Gasteiger partial charge in [0.25, 0.3) is 0 Å². The molecule has 0 saturated heterocycles. The fourth-order valence-corrected chi connectivity index (χ4v) is 1.41. The van der Waals surface area contributed by atoms with E-state index in [-0.39, 0.29) is 0 Å². The summed E-state index contributed by atoms with van der Waals surface area (Å²) in [6, 6.07) is 5.92. The zero-order chi connectivity index (χ0) is 8.10. The Morgan fingerprint density at radius 3 is 3.00 bits per heavy atom. The van der Waals surface area contributed by atoms with E-state index < -0.39 is 0 Å². The first-order chi connectivity index (χ1) is 5.33. The molecule has 1 atom stereocenters. The molecule has 0 bridgehead atoms. The van der Waals surface area contributed by atoms with Crippen molar-refractivity contribution in [2.24, 2.45) is 0 Å². The van der Waals surface area contributed by atoms with E-state index in [2.05, 4.69) is 18.5 Å². The molecule has 0 aliphatic heterocycles. The van der Waals surface area contributed by atoms with Crippen LogP contribution >= 0.6 is 11.8 Å². The average Bonchev–Trinajstić information content (AvgIpc) is 2.06. The molecule has 1 nitrogen and oxygen atoms in total. The molecule has 0 aromatic carbocycles. The van der Waals surface area contributed by atoms with Crippen LogP contribution in [0.4, 0.5) is 0 Å². The van der Waals surface area contributed by atoms with Gasteiger partial charge in [-0.25, -0.2) is 4.98 Å². The van der Waals surface area contributed by atoms with Gasteiger partial charge in [0.1, 0.15) is 0 Å². The molecule has 1 rings (SSSR count). The van der Waals surface area contributed by atoms with E-state index in [0.29, 0.717) is 5.25 Å². The molecule has 2 heteroatoms. The smallest absolute Gasteiger partial charge is 0.0965 e. The monoisotopic (exact) mass is 165 g/mol. The summed E-state index contributed by atoms with van der Waals surface area (Å²) in [6.07, 6.45) is 3.72. The predicted molar refractivity (Wildman–Crippen MR) is 49.8 cm³/mol. The minimum absolute atomic E-state index is 0.435. The van der Waals surface area contributed by atoms with Gasteiger partial charge in [-0.2, -0.15) is 0 Å². The first-order valence-corrected chi connectivity index (χ1v) is 4.41. The summed E-state index contributed by atoms with van der Waals surface area (Å²) in [7, 11) is 0. The van der Waals surface area contributed by atoms with Crippen LogP contribution in [0.1, 0.15) is 6.92 Å². The lowest BCUT2D eigenvalue weighted by Gasteiger charge is -2.02. The van der Waals surface area contributed by atoms with E-state index in [0.717, 1.165) is 5.03 Å². The Bertz CT molecular complexity index is 220. The van der Waals surface area contributed by atoms with Crippen LogP contribution in [-0.2, 0) is 0 Å². The van der Waals surface area contributed by atoms with Gasteiger partial charge in [-0.15, -0.1) is 6.58 Å². The topological polar surface area (TPSA) is 12.9 Å². The Hall–Kier alpha value is -0.760. The highest BCUT2D eigenvalue weighted by atomic mass is 32.2. The van der Waals surface area contributed by atoms with Crippen LogP contribution in [0.15, 0.2) is 42.1 Å². The van der Waals surface area contributed by atoms with Gasteiger partial charge in [0.15, 0.2) is 0 Å². The van der Waals surface area contributed by atoms with Crippen LogP contribution in [0.25, 0.3) is 0 Å². The summed E-state index contributed by atoms with van der Waals surface area (Å²) >= 11 is 1.71. The van der Waals surface area contributed by atoms with E-state index in [1.165, 1.54) is 0 Å². The summed E-state index contributed by atoms with van der Waals surface area (Å²) in [5.41, 5.74) is 0. The molecule has 0 spiro atoms. The van der Waals surface area contributed by atoms with Crippen LogP contribution in [0, 0.1) is 0 Å². The van der Waals surface area contributed by atoms with Gasteiger partial charge in [0.2, 0.25) is 0 Å². The highest BCUT2D eigenvalue weighted by molar-refractivity contribution is 8.00. The molecule has 1 aromatic heterocycles. The summed E-state index contributed by atoms with van der Waals surface area (Å²) in [4.78, 5) is 4.18. The van der Waals surface area contributed by atoms with Crippen molar-refractivity contribution in [3.63, 3.8) is 0 Å². The Morgan fingerprint density at radius 2 is 2.45 bits per heavy atom. The zero-order valence-electron chi connectivity index (χ0n) is 6.53. The lowest BCUT2D eigenvalue weighted by atomic mass is 10.5. The quantitative estimate of drug-likeness (QED) is 0.504. The first kappa shape index (κ1) is 8.34. The van der Waals surface area contributed by atoms with Crippen molar-refractivity contribution < 1.29 is 0 Å². The van der Waals surface area contributed by atoms with Crippen molar-refractivity contribution >= 4 is 11.8 Å². The number of pyridine rings is 1. The van der Waals surface area contributed by atoms with Crippen molar-refractivity contribution in [3.05, 3.63) is 37.1 Å². The van der Waals surface area contributed by atoms with Crippen molar-refractivity contribution in [2.75, 3.05) is 0 Å². The van der Waals surface area contributed by atoms with Gasteiger partial charge in [-0.3, -0.25) is 0 Å². The minimum Gasteiger partial charge on any atom is -0.250 e. The molecule has 0 saturated carbocycles. The Labute approximate surface area is 71.5 Å². The number of nitrogens with zero attached hydrogens (tertiary/aromatic N) is 1. The highest BCUT2D eigenvalue weighted by Gasteiger charge is 1.98. The maximum Gasteiger partial charge on any atom is 0.0965 e. The lowest BCUT2D eigenvalue weighted by molar-refractivity contribution is 1.12. The molecule has 0 aliphatic carbocycles. The normalized spacial score (nSPS) is 12.5. The molecule has 0 amide bonds. The van der Waals surface area contributed by atoms with Crippen LogP contribution < -0.4 is 0 Å². The molecule has 0 radical (unpaired) electrons. The molecule has 58 valence electrons. The summed E-state index contributed by atoms with van der Waals surface area (Å²) in [6.45, 7) is 5.81. The van der Waals surface area contributed by atoms with Crippen molar-refractivity contribution in [1.29, 1.82) is 0 Å². The maximum absolute atomic E-state index is 4.18.